The zero-order valence-electron chi connectivity index (χ0n) is 32.2. The van der Waals surface area contributed by atoms with Gasteiger partial charge in [-0.3, -0.25) is 29.4 Å². The Morgan fingerprint density at radius 3 is 2.49 bits per heavy atom. The lowest BCUT2D eigenvalue weighted by Crippen LogP contribution is -2.49. The molecule has 2 aromatic heterocycles. The van der Waals surface area contributed by atoms with Crippen molar-refractivity contribution in [3.05, 3.63) is 89.2 Å². The van der Waals surface area contributed by atoms with E-state index in [-0.39, 0.29) is 29.7 Å². The second-order valence-corrected chi connectivity index (χ2v) is 15.2. The minimum absolute atomic E-state index is 0.215. The van der Waals surface area contributed by atoms with Gasteiger partial charge in [-0.15, -0.1) is 0 Å². The number of halogens is 2. The lowest BCUT2D eigenvalue weighted by molar-refractivity contribution is -0.134. The molecule has 3 aliphatic rings. The van der Waals surface area contributed by atoms with E-state index in [1.54, 1.807) is 16.8 Å². The van der Waals surface area contributed by atoms with Crippen LogP contribution in [0, 0.1) is 11.6 Å². The van der Waals surface area contributed by atoms with Crippen molar-refractivity contribution in [1.29, 1.82) is 0 Å². The molecule has 3 N–H and O–H groups in total. The largest absolute Gasteiger partial charge is 0.374 e. The highest BCUT2D eigenvalue weighted by molar-refractivity contribution is 6.01. The van der Waals surface area contributed by atoms with Crippen molar-refractivity contribution >= 4 is 40.8 Å². The fraction of sp³-hybridized carbons (Fsp3) is 0.476. The van der Waals surface area contributed by atoms with Crippen molar-refractivity contribution in [2.45, 2.75) is 82.7 Å². The third-order valence-electron chi connectivity index (χ3n) is 11.3. The Hall–Kier alpha value is -5.44. The van der Waals surface area contributed by atoms with Crippen molar-refractivity contribution in [3.8, 4) is 0 Å². The van der Waals surface area contributed by atoms with Crippen LogP contribution < -0.4 is 20.9 Å². The molecule has 7 rings (SSSR count). The van der Waals surface area contributed by atoms with E-state index >= 15 is 0 Å². The number of aromatic nitrogens is 3. The van der Waals surface area contributed by atoms with Crippen LogP contribution in [0.3, 0.4) is 0 Å². The molecule has 0 aliphatic carbocycles. The Bertz CT molecular complexity index is 2050. The Kier molecular flexibility index (Phi) is 13.0. The zero-order chi connectivity index (χ0) is 39.7. The molecule has 2 aromatic carbocycles. The number of unbranched alkanes of at least 4 members (excludes halogenated alkanes) is 4. The maximum atomic E-state index is 14.6. The first-order chi connectivity index (χ1) is 27.7. The summed E-state index contributed by atoms with van der Waals surface area (Å²) in [5.41, 5.74) is 3.14. The predicted octanol–water partition coefficient (Wildman–Crippen LogP) is 5.02. The monoisotopic (exact) mass is 783 g/mol. The van der Waals surface area contributed by atoms with E-state index in [1.165, 1.54) is 17.8 Å². The molecule has 0 radical (unpaired) electrons. The molecule has 2 unspecified atom stereocenters. The van der Waals surface area contributed by atoms with Gasteiger partial charge in [0.05, 0.1) is 12.2 Å². The van der Waals surface area contributed by atoms with Crippen LogP contribution in [0.25, 0.3) is 5.65 Å². The molecule has 3 aliphatic heterocycles. The molecule has 2 atom stereocenters. The summed E-state index contributed by atoms with van der Waals surface area (Å²) in [6.07, 6.45) is 11.5. The van der Waals surface area contributed by atoms with Gasteiger partial charge in [-0.2, -0.15) is 5.10 Å². The highest BCUT2D eigenvalue weighted by atomic mass is 19.1. The van der Waals surface area contributed by atoms with Gasteiger partial charge in [0, 0.05) is 76.1 Å². The van der Waals surface area contributed by atoms with Gasteiger partial charge in [0.15, 0.2) is 5.65 Å². The molecule has 302 valence electrons. The Labute approximate surface area is 331 Å². The first-order valence-corrected chi connectivity index (χ1v) is 20.3. The number of benzene rings is 2. The van der Waals surface area contributed by atoms with Crippen molar-refractivity contribution in [2.75, 3.05) is 56.0 Å². The highest BCUT2D eigenvalue weighted by Crippen LogP contribution is 2.37. The van der Waals surface area contributed by atoms with Crippen LogP contribution in [0.15, 0.2) is 60.9 Å². The van der Waals surface area contributed by atoms with E-state index in [1.807, 2.05) is 21.9 Å². The van der Waals surface area contributed by atoms with Crippen molar-refractivity contribution in [2.24, 2.45) is 0 Å². The summed E-state index contributed by atoms with van der Waals surface area (Å²) in [5, 5.41) is 12.9. The average Bonchev–Trinajstić information content (AvgIpc) is 3.88. The van der Waals surface area contributed by atoms with Gasteiger partial charge in [0.25, 0.3) is 5.91 Å². The highest BCUT2D eigenvalue weighted by Gasteiger charge is 2.31. The molecule has 4 aromatic rings. The molecule has 3 fully saturated rings. The summed E-state index contributed by atoms with van der Waals surface area (Å²) < 4.78 is 30.2. The van der Waals surface area contributed by atoms with E-state index in [4.69, 9.17) is 4.98 Å². The van der Waals surface area contributed by atoms with E-state index < -0.39 is 17.7 Å². The van der Waals surface area contributed by atoms with Crippen LogP contribution in [-0.4, -0.2) is 99.9 Å². The minimum Gasteiger partial charge on any atom is -0.374 e. The second-order valence-electron chi connectivity index (χ2n) is 15.2. The SMILES string of the molecule is O=C1CCC(Nc2ccc(CCN3CCN(C(=O)CCCCCCCNC(=O)c4cnn5ccc(N6CCCC6c6cc(F)ccc6F)nc45)CC3)cc2)C(=O)N1. The lowest BCUT2D eigenvalue weighted by atomic mass is 10.0. The van der Waals surface area contributed by atoms with Gasteiger partial charge in [-0.25, -0.2) is 18.3 Å². The van der Waals surface area contributed by atoms with Crippen molar-refractivity contribution in [3.63, 3.8) is 0 Å². The molecular formula is C42H51F2N9O4. The van der Waals surface area contributed by atoms with Gasteiger partial charge in [-0.1, -0.05) is 31.4 Å². The lowest BCUT2D eigenvalue weighted by Gasteiger charge is -2.34. The molecule has 5 heterocycles. The van der Waals surface area contributed by atoms with Crippen LogP contribution in [0.5, 0.6) is 0 Å². The molecule has 0 spiro atoms. The summed E-state index contributed by atoms with van der Waals surface area (Å²) in [6.45, 7) is 5.27. The van der Waals surface area contributed by atoms with Crippen LogP contribution >= 0.6 is 0 Å². The van der Waals surface area contributed by atoms with Crippen molar-refractivity contribution < 1.29 is 28.0 Å². The number of hydrogen-bond donors (Lipinski definition) is 3. The number of piperidine rings is 1. The maximum Gasteiger partial charge on any atom is 0.256 e. The topological polar surface area (TPSA) is 144 Å². The first-order valence-electron chi connectivity index (χ1n) is 20.3. The summed E-state index contributed by atoms with van der Waals surface area (Å²) in [4.78, 5) is 60.5. The Morgan fingerprint density at radius 2 is 1.68 bits per heavy atom. The number of nitrogens with zero attached hydrogens (tertiary/aromatic N) is 6. The summed E-state index contributed by atoms with van der Waals surface area (Å²) in [5.74, 6) is -0.889. The number of rotatable bonds is 16. The second kappa shape index (κ2) is 18.7. The third kappa shape index (κ3) is 10.1. The van der Waals surface area contributed by atoms with E-state index in [0.29, 0.717) is 61.4 Å². The number of carbonyl (C=O) groups is 4. The summed E-state index contributed by atoms with van der Waals surface area (Å²) in [6, 6.07) is 12.6. The van der Waals surface area contributed by atoms with Crippen LogP contribution in [0.4, 0.5) is 20.3 Å². The summed E-state index contributed by atoms with van der Waals surface area (Å²) >= 11 is 0. The maximum absolute atomic E-state index is 14.6. The number of imide groups is 1. The van der Waals surface area contributed by atoms with Crippen LogP contribution in [0.2, 0.25) is 0 Å². The zero-order valence-corrected chi connectivity index (χ0v) is 32.2. The quantitative estimate of drug-likeness (QED) is 0.105. The van der Waals surface area contributed by atoms with Gasteiger partial charge in [-0.05, 0) is 80.5 Å². The first kappa shape index (κ1) is 39.8. The van der Waals surface area contributed by atoms with Crippen molar-refractivity contribution in [1.82, 2.24) is 35.0 Å². The average molecular weight is 784 g/mol. The number of hydrogen-bond acceptors (Lipinski definition) is 9. The van der Waals surface area contributed by atoms with Crippen LogP contribution in [0.1, 0.15) is 91.7 Å². The molecule has 0 saturated carbocycles. The number of fused-ring (bicyclic) bond motifs is 1. The number of amides is 4. The van der Waals surface area contributed by atoms with E-state index in [9.17, 15) is 28.0 Å². The van der Waals surface area contributed by atoms with E-state index in [2.05, 4.69) is 38.1 Å². The molecule has 57 heavy (non-hydrogen) atoms. The van der Waals surface area contributed by atoms with Gasteiger partial charge in [0.2, 0.25) is 17.7 Å². The third-order valence-corrected chi connectivity index (χ3v) is 11.3. The molecule has 3 saturated heterocycles. The minimum atomic E-state index is -0.481. The standard InChI is InChI=1S/C42H51F2N9O4/c43-30-11-14-34(44)32(27-30)36-7-6-20-52(36)37-18-22-53-40(48-37)33(28-46-53)41(56)45-19-5-3-1-2-4-8-39(55)51-25-23-50(24-26-51)21-17-29-9-12-31(13-10-29)47-35-15-16-38(54)49-42(35)57/h9-14,18,22,27-28,35-36,47H,1-8,15-17,19-21,23-26H2,(H,45,56)(H,49,54,57). The summed E-state index contributed by atoms with van der Waals surface area (Å²) in [7, 11) is 0. The fourth-order valence-corrected chi connectivity index (χ4v) is 8.01. The number of piperazine rings is 1. The smallest absolute Gasteiger partial charge is 0.256 e. The molecule has 13 nitrogen and oxygen atoms in total. The van der Waals surface area contributed by atoms with Gasteiger partial charge in [0.1, 0.15) is 29.1 Å². The number of anilines is 2. The van der Waals surface area contributed by atoms with Gasteiger partial charge >= 0.3 is 0 Å². The molecule has 4 amide bonds. The van der Waals surface area contributed by atoms with E-state index in [0.717, 1.165) is 95.5 Å². The Morgan fingerprint density at radius 1 is 0.895 bits per heavy atom. The predicted molar refractivity (Wildman–Crippen MR) is 212 cm³/mol. The number of carbonyl (C=O) groups excluding carboxylic acids is 4. The fourth-order valence-electron chi connectivity index (χ4n) is 8.01. The molecule has 15 heteroatoms. The molecular weight excluding hydrogens is 733 g/mol. The molecule has 0 bridgehead atoms. The normalized spacial score (nSPS) is 18.9. The van der Waals surface area contributed by atoms with Crippen LogP contribution in [-0.2, 0) is 20.8 Å². The van der Waals surface area contributed by atoms with Gasteiger partial charge < -0.3 is 20.4 Å². The number of nitrogens with one attached hydrogen (secondary N) is 3. The Balaban J connectivity index is 0.755.